The van der Waals surface area contributed by atoms with Crippen molar-refractivity contribution in [3.05, 3.63) is 40.3 Å². The molecular weight excluding hydrogens is 296 g/mol. The molecule has 1 N–H and O–H groups in total. The second-order valence-electron chi connectivity index (χ2n) is 5.04. The van der Waals surface area contributed by atoms with Gasteiger partial charge < -0.3 is 14.5 Å². The number of aryl methyl sites for hydroxylation is 1. The molecule has 0 saturated heterocycles. The lowest BCUT2D eigenvalue weighted by Crippen LogP contribution is -2.12. The van der Waals surface area contributed by atoms with E-state index >= 15 is 0 Å². The zero-order valence-corrected chi connectivity index (χ0v) is 13.3. The number of H-pyrrole nitrogens is 1. The highest BCUT2D eigenvalue weighted by Crippen LogP contribution is 2.27. The van der Waals surface area contributed by atoms with E-state index in [9.17, 15) is 4.79 Å². The summed E-state index contributed by atoms with van der Waals surface area (Å²) in [4.78, 5) is 19.8. The van der Waals surface area contributed by atoms with Gasteiger partial charge in [0.05, 0.1) is 18.8 Å². The van der Waals surface area contributed by atoms with Gasteiger partial charge in [-0.1, -0.05) is 12.1 Å². The highest BCUT2D eigenvalue weighted by Gasteiger charge is 2.17. The number of hydrogen-bond donors (Lipinski definition) is 1. The van der Waals surface area contributed by atoms with Crippen molar-refractivity contribution < 1.29 is 9.47 Å². The van der Waals surface area contributed by atoms with Crippen LogP contribution in [0, 0.1) is 0 Å². The van der Waals surface area contributed by atoms with Crippen molar-refractivity contribution in [3.8, 4) is 17.1 Å². The SMILES string of the molecule is CCOc1ccccc1-c1nc2c(COC)nn(C)c2c(=O)[nH]1. The number of aromatic amines is 1. The fraction of sp³-hybridized carbons (Fsp3) is 0.312. The Bertz CT molecular complexity index is 898. The molecule has 0 saturated carbocycles. The minimum Gasteiger partial charge on any atom is -0.493 e. The van der Waals surface area contributed by atoms with Gasteiger partial charge in [-0.2, -0.15) is 5.10 Å². The molecule has 2 aromatic heterocycles. The molecular formula is C16H18N4O3. The molecule has 3 rings (SSSR count). The number of methoxy groups -OCH3 is 1. The van der Waals surface area contributed by atoms with E-state index in [2.05, 4.69) is 15.1 Å². The Hall–Kier alpha value is -2.67. The Kier molecular flexibility index (Phi) is 4.12. The number of nitrogens with one attached hydrogen (secondary N) is 1. The van der Waals surface area contributed by atoms with Gasteiger partial charge in [0.1, 0.15) is 22.8 Å². The van der Waals surface area contributed by atoms with Crippen LogP contribution in [0.25, 0.3) is 22.4 Å². The lowest BCUT2D eigenvalue weighted by atomic mass is 10.2. The Morgan fingerprint density at radius 1 is 1.30 bits per heavy atom. The lowest BCUT2D eigenvalue weighted by Gasteiger charge is -2.09. The van der Waals surface area contributed by atoms with E-state index < -0.39 is 0 Å². The number of fused-ring (bicyclic) bond motifs is 1. The first-order valence-corrected chi connectivity index (χ1v) is 7.32. The van der Waals surface area contributed by atoms with Crippen LogP contribution in [-0.4, -0.2) is 33.5 Å². The molecule has 3 aromatic rings. The normalized spacial score (nSPS) is 11.1. The molecule has 23 heavy (non-hydrogen) atoms. The maximum Gasteiger partial charge on any atom is 0.277 e. The third-order valence-corrected chi connectivity index (χ3v) is 3.49. The molecule has 0 radical (unpaired) electrons. The van der Waals surface area contributed by atoms with E-state index in [1.807, 2.05) is 31.2 Å². The number of aromatic nitrogens is 4. The van der Waals surface area contributed by atoms with Crippen molar-refractivity contribution in [2.45, 2.75) is 13.5 Å². The molecule has 0 fully saturated rings. The summed E-state index contributed by atoms with van der Waals surface area (Å²) in [7, 11) is 3.30. The van der Waals surface area contributed by atoms with Crippen molar-refractivity contribution in [1.82, 2.24) is 19.7 Å². The standard InChI is InChI=1S/C16H18N4O3/c1-4-23-12-8-6-5-7-10(12)15-17-13-11(9-22-3)19-20(2)14(13)16(21)18-15/h5-8H,4,9H2,1-3H3,(H,17,18,21). The first kappa shape index (κ1) is 15.2. The van der Waals surface area contributed by atoms with Crippen LogP contribution >= 0.6 is 0 Å². The van der Waals surface area contributed by atoms with E-state index in [4.69, 9.17) is 9.47 Å². The van der Waals surface area contributed by atoms with Crippen molar-refractivity contribution in [2.24, 2.45) is 7.05 Å². The van der Waals surface area contributed by atoms with Crippen LogP contribution in [0.2, 0.25) is 0 Å². The fourth-order valence-electron chi connectivity index (χ4n) is 2.55. The molecule has 7 heteroatoms. The largest absolute Gasteiger partial charge is 0.493 e. The van der Waals surface area contributed by atoms with Gasteiger partial charge in [0.2, 0.25) is 0 Å². The third-order valence-electron chi connectivity index (χ3n) is 3.49. The summed E-state index contributed by atoms with van der Waals surface area (Å²) in [6.45, 7) is 2.74. The Labute approximate surface area is 132 Å². The maximum atomic E-state index is 12.4. The Balaban J connectivity index is 2.24. The summed E-state index contributed by atoms with van der Waals surface area (Å²) in [6.07, 6.45) is 0. The topological polar surface area (TPSA) is 82.0 Å². The molecule has 0 amide bonds. The molecule has 0 bridgehead atoms. The predicted octanol–water partition coefficient (Wildman–Crippen LogP) is 1.87. The predicted molar refractivity (Wildman–Crippen MR) is 86.4 cm³/mol. The summed E-state index contributed by atoms with van der Waals surface area (Å²) in [5.74, 6) is 1.13. The zero-order chi connectivity index (χ0) is 16.4. The average Bonchev–Trinajstić information content (AvgIpc) is 2.85. The first-order chi connectivity index (χ1) is 11.2. The summed E-state index contributed by atoms with van der Waals surface area (Å²) in [5.41, 5.74) is 2.09. The van der Waals surface area contributed by atoms with Crippen LogP contribution in [0.3, 0.4) is 0 Å². The van der Waals surface area contributed by atoms with Gasteiger partial charge in [0.15, 0.2) is 5.52 Å². The molecule has 1 aromatic carbocycles. The maximum absolute atomic E-state index is 12.4. The van der Waals surface area contributed by atoms with Crippen LogP contribution in [0.5, 0.6) is 5.75 Å². The second kappa shape index (κ2) is 6.21. The number of hydrogen-bond acceptors (Lipinski definition) is 5. The van der Waals surface area contributed by atoms with E-state index in [0.29, 0.717) is 41.5 Å². The van der Waals surface area contributed by atoms with Crippen LogP contribution in [0.15, 0.2) is 29.1 Å². The van der Waals surface area contributed by atoms with Crippen molar-refractivity contribution in [3.63, 3.8) is 0 Å². The van der Waals surface area contributed by atoms with E-state index in [1.54, 1.807) is 14.2 Å². The smallest absolute Gasteiger partial charge is 0.277 e. The van der Waals surface area contributed by atoms with E-state index in [0.717, 1.165) is 5.56 Å². The van der Waals surface area contributed by atoms with Crippen LogP contribution in [0.1, 0.15) is 12.6 Å². The van der Waals surface area contributed by atoms with Gasteiger partial charge in [0.25, 0.3) is 5.56 Å². The van der Waals surface area contributed by atoms with Crippen molar-refractivity contribution in [1.29, 1.82) is 0 Å². The highest BCUT2D eigenvalue weighted by atomic mass is 16.5. The molecule has 0 unspecified atom stereocenters. The Morgan fingerprint density at radius 2 is 2.09 bits per heavy atom. The van der Waals surface area contributed by atoms with Gasteiger partial charge >= 0.3 is 0 Å². The molecule has 0 atom stereocenters. The first-order valence-electron chi connectivity index (χ1n) is 7.32. The number of nitrogens with zero attached hydrogens (tertiary/aromatic N) is 3. The lowest BCUT2D eigenvalue weighted by molar-refractivity contribution is 0.181. The minimum absolute atomic E-state index is 0.242. The minimum atomic E-state index is -0.242. The zero-order valence-electron chi connectivity index (χ0n) is 13.3. The van der Waals surface area contributed by atoms with Crippen LogP contribution in [-0.2, 0) is 18.4 Å². The van der Waals surface area contributed by atoms with Gasteiger partial charge in [-0.15, -0.1) is 0 Å². The van der Waals surface area contributed by atoms with Crippen molar-refractivity contribution in [2.75, 3.05) is 13.7 Å². The molecule has 7 nitrogen and oxygen atoms in total. The summed E-state index contributed by atoms with van der Waals surface area (Å²) < 4.78 is 12.3. The van der Waals surface area contributed by atoms with E-state index in [-0.39, 0.29) is 5.56 Å². The molecule has 0 aliphatic carbocycles. The number of para-hydroxylation sites is 1. The van der Waals surface area contributed by atoms with Gasteiger partial charge in [0, 0.05) is 14.2 Å². The summed E-state index contributed by atoms with van der Waals surface area (Å²) in [6, 6.07) is 7.47. The number of benzene rings is 1. The van der Waals surface area contributed by atoms with Gasteiger partial charge in [-0.3, -0.25) is 9.48 Å². The number of rotatable bonds is 5. The number of ether oxygens (including phenoxy) is 2. The monoisotopic (exact) mass is 314 g/mol. The van der Waals surface area contributed by atoms with Crippen molar-refractivity contribution >= 4 is 11.0 Å². The summed E-state index contributed by atoms with van der Waals surface area (Å²) >= 11 is 0. The highest BCUT2D eigenvalue weighted by molar-refractivity contribution is 5.79. The molecule has 2 heterocycles. The third kappa shape index (κ3) is 2.70. The second-order valence-corrected chi connectivity index (χ2v) is 5.04. The van der Waals surface area contributed by atoms with Crippen LogP contribution < -0.4 is 10.3 Å². The summed E-state index contributed by atoms with van der Waals surface area (Å²) in [5, 5.41) is 4.31. The molecule has 0 aliphatic rings. The fourth-order valence-corrected chi connectivity index (χ4v) is 2.55. The van der Waals surface area contributed by atoms with Gasteiger partial charge in [-0.25, -0.2) is 4.98 Å². The molecule has 0 spiro atoms. The van der Waals surface area contributed by atoms with Gasteiger partial charge in [-0.05, 0) is 19.1 Å². The Morgan fingerprint density at radius 3 is 2.83 bits per heavy atom. The van der Waals surface area contributed by atoms with E-state index in [1.165, 1.54) is 4.68 Å². The quantitative estimate of drug-likeness (QED) is 0.777. The molecule has 120 valence electrons. The molecule has 0 aliphatic heterocycles. The van der Waals surface area contributed by atoms with Crippen LogP contribution in [0.4, 0.5) is 0 Å². The average molecular weight is 314 g/mol.